The summed E-state index contributed by atoms with van der Waals surface area (Å²) in [6.07, 6.45) is 0. The molecule has 4 rings (SSSR count). The summed E-state index contributed by atoms with van der Waals surface area (Å²) in [4.78, 5) is 12.9. The van der Waals surface area contributed by atoms with Crippen molar-refractivity contribution in [3.05, 3.63) is 83.1 Å². The number of carbonyl (C=O) groups is 1. The van der Waals surface area contributed by atoms with Crippen molar-refractivity contribution < 1.29 is 9.53 Å². The highest BCUT2D eigenvalue weighted by Crippen LogP contribution is 2.34. The van der Waals surface area contributed by atoms with Crippen molar-refractivity contribution in [1.82, 2.24) is 20.2 Å². The van der Waals surface area contributed by atoms with Crippen molar-refractivity contribution in [3.63, 3.8) is 0 Å². The molecule has 0 saturated heterocycles. The van der Waals surface area contributed by atoms with Crippen LogP contribution >= 0.6 is 0 Å². The fraction of sp³-hybridized carbons (Fsp3) is 0.158. The normalized spacial score (nSPS) is 16.0. The van der Waals surface area contributed by atoms with E-state index in [1.807, 2.05) is 67.6 Å². The molecule has 0 fully saturated rings. The molecule has 0 spiro atoms. The van der Waals surface area contributed by atoms with Crippen LogP contribution in [0.3, 0.4) is 0 Å². The standard InChI is InChI=1S/C19H17N5O2/c1-13-16(18(25)26-12-14-8-4-2-5-9-14)17(15-10-6-3-7-11-15)24-19(20-13)21-22-23-24/h2-11,17H,12H2,1H3,(H,20,21,23)/t17-/m0/s1. The number of aromatic nitrogens is 4. The van der Waals surface area contributed by atoms with E-state index in [-0.39, 0.29) is 6.61 Å². The number of allylic oxidation sites excluding steroid dienone is 1. The molecule has 0 bridgehead atoms. The molecule has 1 aliphatic rings. The van der Waals surface area contributed by atoms with Gasteiger partial charge in [0.05, 0.1) is 5.57 Å². The van der Waals surface area contributed by atoms with E-state index in [0.717, 1.165) is 11.1 Å². The number of carbonyl (C=O) groups excluding carboxylic acids is 1. The third-order valence-electron chi connectivity index (χ3n) is 4.26. The summed E-state index contributed by atoms with van der Waals surface area (Å²) in [6.45, 7) is 2.04. The second-order valence-electron chi connectivity index (χ2n) is 5.99. The summed E-state index contributed by atoms with van der Waals surface area (Å²) in [5, 5.41) is 14.8. The van der Waals surface area contributed by atoms with Crippen LogP contribution in [-0.2, 0) is 16.1 Å². The Bertz CT molecular complexity index is 950. The number of hydrogen-bond donors (Lipinski definition) is 1. The van der Waals surface area contributed by atoms with Gasteiger partial charge in [0, 0.05) is 5.70 Å². The number of fused-ring (bicyclic) bond motifs is 1. The van der Waals surface area contributed by atoms with E-state index < -0.39 is 12.0 Å². The Morgan fingerprint density at radius 2 is 1.81 bits per heavy atom. The first kappa shape index (κ1) is 16.0. The zero-order valence-electron chi connectivity index (χ0n) is 14.2. The van der Waals surface area contributed by atoms with Gasteiger partial charge in [-0.05, 0) is 28.5 Å². The number of rotatable bonds is 4. The maximum absolute atomic E-state index is 12.9. The Balaban J connectivity index is 1.67. The number of benzene rings is 2. The van der Waals surface area contributed by atoms with Crippen molar-refractivity contribution in [1.29, 1.82) is 0 Å². The van der Waals surface area contributed by atoms with Crippen LogP contribution in [0.1, 0.15) is 24.1 Å². The van der Waals surface area contributed by atoms with Crippen molar-refractivity contribution in [2.24, 2.45) is 0 Å². The van der Waals surface area contributed by atoms with E-state index in [0.29, 0.717) is 17.2 Å². The molecule has 0 saturated carbocycles. The average molecular weight is 347 g/mol. The lowest BCUT2D eigenvalue weighted by atomic mass is 9.96. The Kier molecular flexibility index (Phi) is 4.18. The smallest absolute Gasteiger partial charge is 0.338 e. The molecule has 130 valence electrons. The molecule has 26 heavy (non-hydrogen) atoms. The summed E-state index contributed by atoms with van der Waals surface area (Å²) in [7, 11) is 0. The summed E-state index contributed by atoms with van der Waals surface area (Å²) < 4.78 is 7.16. The molecule has 2 aromatic carbocycles. The number of nitrogens with one attached hydrogen (secondary N) is 1. The average Bonchev–Trinajstić information content (AvgIpc) is 3.14. The van der Waals surface area contributed by atoms with Gasteiger partial charge in [-0.1, -0.05) is 65.8 Å². The summed E-state index contributed by atoms with van der Waals surface area (Å²) in [6, 6.07) is 18.8. The van der Waals surface area contributed by atoms with Gasteiger partial charge in [0.1, 0.15) is 12.6 Å². The van der Waals surface area contributed by atoms with Gasteiger partial charge in [0.15, 0.2) is 0 Å². The van der Waals surface area contributed by atoms with Crippen LogP contribution in [-0.4, -0.2) is 26.2 Å². The predicted octanol–water partition coefficient (Wildman–Crippen LogP) is 2.71. The van der Waals surface area contributed by atoms with Gasteiger partial charge in [-0.15, -0.1) is 0 Å². The Hall–Kier alpha value is -3.48. The highest BCUT2D eigenvalue weighted by molar-refractivity contribution is 5.92. The van der Waals surface area contributed by atoms with E-state index >= 15 is 0 Å². The Morgan fingerprint density at radius 1 is 1.12 bits per heavy atom. The number of anilines is 1. The van der Waals surface area contributed by atoms with Crippen LogP contribution in [0.5, 0.6) is 0 Å². The first-order chi connectivity index (χ1) is 12.7. The molecule has 0 unspecified atom stereocenters. The van der Waals surface area contributed by atoms with E-state index in [1.165, 1.54) is 0 Å². The van der Waals surface area contributed by atoms with Crippen LogP contribution in [0.25, 0.3) is 0 Å². The van der Waals surface area contributed by atoms with Gasteiger partial charge in [-0.3, -0.25) is 0 Å². The molecule has 7 heteroatoms. The van der Waals surface area contributed by atoms with Crippen molar-refractivity contribution in [2.45, 2.75) is 19.6 Å². The van der Waals surface area contributed by atoms with E-state index in [9.17, 15) is 4.79 Å². The molecule has 2 heterocycles. The van der Waals surface area contributed by atoms with Crippen LogP contribution in [0, 0.1) is 0 Å². The maximum Gasteiger partial charge on any atom is 0.338 e. The SMILES string of the molecule is CC1=C(C(=O)OCc2ccccc2)[C@H](c2ccccc2)n2nnnc2N1. The van der Waals surface area contributed by atoms with Crippen molar-refractivity contribution in [3.8, 4) is 0 Å². The van der Waals surface area contributed by atoms with Crippen molar-refractivity contribution in [2.75, 3.05) is 5.32 Å². The van der Waals surface area contributed by atoms with Gasteiger partial charge in [-0.2, -0.15) is 4.68 Å². The number of tetrazole rings is 1. The fourth-order valence-electron chi connectivity index (χ4n) is 3.02. The zero-order valence-corrected chi connectivity index (χ0v) is 14.2. The number of nitrogens with zero attached hydrogens (tertiary/aromatic N) is 4. The summed E-state index contributed by atoms with van der Waals surface area (Å²) in [5.41, 5.74) is 3.02. The van der Waals surface area contributed by atoms with Crippen LogP contribution in [0.2, 0.25) is 0 Å². The highest BCUT2D eigenvalue weighted by Gasteiger charge is 2.34. The molecule has 0 radical (unpaired) electrons. The molecule has 1 aromatic heterocycles. The molecule has 0 amide bonds. The third-order valence-corrected chi connectivity index (χ3v) is 4.26. The monoisotopic (exact) mass is 347 g/mol. The molecule has 1 atom stereocenters. The minimum atomic E-state index is -0.439. The topological polar surface area (TPSA) is 81.9 Å². The lowest BCUT2D eigenvalue weighted by molar-refractivity contribution is -0.140. The molecular formula is C19H17N5O2. The first-order valence-corrected chi connectivity index (χ1v) is 8.25. The Labute approximate surface area is 150 Å². The highest BCUT2D eigenvalue weighted by atomic mass is 16.5. The predicted molar refractivity (Wildman–Crippen MR) is 95.0 cm³/mol. The molecular weight excluding hydrogens is 330 g/mol. The second-order valence-corrected chi connectivity index (χ2v) is 5.99. The van der Waals surface area contributed by atoms with Crippen LogP contribution in [0.4, 0.5) is 5.95 Å². The van der Waals surface area contributed by atoms with Gasteiger partial charge in [0.25, 0.3) is 0 Å². The molecule has 1 N–H and O–H groups in total. The Morgan fingerprint density at radius 3 is 2.54 bits per heavy atom. The lowest BCUT2D eigenvalue weighted by Gasteiger charge is -2.27. The van der Waals surface area contributed by atoms with E-state index in [4.69, 9.17) is 4.74 Å². The quantitative estimate of drug-likeness (QED) is 0.731. The van der Waals surface area contributed by atoms with Gasteiger partial charge >= 0.3 is 5.97 Å². The lowest BCUT2D eigenvalue weighted by Crippen LogP contribution is -2.29. The number of hydrogen-bond acceptors (Lipinski definition) is 6. The molecule has 3 aromatic rings. The minimum absolute atomic E-state index is 0.209. The first-order valence-electron chi connectivity index (χ1n) is 8.25. The van der Waals surface area contributed by atoms with Gasteiger partial charge < -0.3 is 10.1 Å². The summed E-state index contributed by atoms with van der Waals surface area (Å²) >= 11 is 0. The fourth-order valence-corrected chi connectivity index (χ4v) is 3.02. The minimum Gasteiger partial charge on any atom is -0.457 e. The van der Waals surface area contributed by atoms with Gasteiger partial charge in [0.2, 0.25) is 5.95 Å². The number of esters is 1. The largest absolute Gasteiger partial charge is 0.457 e. The second kappa shape index (κ2) is 6.79. The summed E-state index contributed by atoms with van der Waals surface area (Å²) in [5.74, 6) is 0.102. The van der Waals surface area contributed by atoms with Crippen LogP contribution < -0.4 is 5.32 Å². The molecule has 7 nitrogen and oxygen atoms in total. The maximum atomic E-state index is 12.9. The zero-order chi connectivity index (χ0) is 17.9. The van der Waals surface area contributed by atoms with E-state index in [2.05, 4.69) is 20.8 Å². The van der Waals surface area contributed by atoms with E-state index in [1.54, 1.807) is 4.68 Å². The van der Waals surface area contributed by atoms with Crippen molar-refractivity contribution >= 4 is 11.9 Å². The third kappa shape index (κ3) is 2.95. The molecule has 1 aliphatic heterocycles. The number of ether oxygens (including phenoxy) is 1. The molecule has 0 aliphatic carbocycles. The van der Waals surface area contributed by atoms with Gasteiger partial charge in [-0.25, -0.2) is 4.79 Å². The van der Waals surface area contributed by atoms with Crippen LogP contribution in [0.15, 0.2) is 71.9 Å².